The third-order valence-corrected chi connectivity index (χ3v) is 6.33. The van der Waals surface area contributed by atoms with Crippen molar-refractivity contribution in [2.75, 3.05) is 20.2 Å². The van der Waals surface area contributed by atoms with Gasteiger partial charge in [0.05, 0.1) is 18.9 Å². The van der Waals surface area contributed by atoms with Crippen LogP contribution < -0.4 is 0 Å². The minimum atomic E-state index is -0.320. The molecular formula is C25H28N4O3. The van der Waals surface area contributed by atoms with Crippen molar-refractivity contribution in [1.29, 1.82) is 0 Å². The van der Waals surface area contributed by atoms with Crippen LogP contribution in [0.4, 0.5) is 0 Å². The second-order valence-corrected chi connectivity index (χ2v) is 8.33. The van der Waals surface area contributed by atoms with Crippen LogP contribution in [-0.4, -0.2) is 51.7 Å². The van der Waals surface area contributed by atoms with Crippen molar-refractivity contribution in [3.8, 4) is 11.1 Å². The first-order chi connectivity index (χ1) is 15.5. The molecule has 0 saturated carbocycles. The molecule has 4 rings (SSSR count). The normalized spacial score (nSPS) is 14.4. The molecule has 7 nitrogen and oxygen atoms in total. The molecule has 1 saturated heterocycles. The van der Waals surface area contributed by atoms with E-state index in [4.69, 9.17) is 4.74 Å². The fraction of sp³-hybridized carbons (Fsp3) is 0.360. The highest BCUT2D eigenvalue weighted by molar-refractivity contribution is 5.93. The van der Waals surface area contributed by atoms with E-state index in [2.05, 4.69) is 10.1 Å². The van der Waals surface area contributed by atoms with Crippen LogP contribution in [-0.2, 0) is 18.2 Å². The summed E-state index contributed by atoms with van der Waals surface area (Å²) >= 11 is 0. The molecule has 2 aromatic heterocycles. The highest BCUT2D eigenvalue weighted by Crippen LogP contribution is 2.25. The number of benzene rings is 1. The molecule has 0 spiro atoms. The van der Waals surface area contributed by atoms with Crippen molar-refractivity contribution in [2.45, 2.75) is 26.2 Å². The van der Waals surface area contributed by atoms with Gasteiger partial charge in [0, 0.05) is 37.6 Å². The Hall–Kier alpha value is -3.48. The first-order valence-electron chi connectivity index (χ1n) is 10.9. The van der Waals surface area contributed by atoms with Crippen LogP contribution in [0.3, 0.4) is 0 Å². The van der Waals surface area contributed by atoms with Crippen LogP contribution in [0.1, 0.15) is 44.9 Å². The maximum atomic E-state index is 13.1. The van der Waals surface area contributed by atoms with Gasteiger partial charge in [-0.05, 0) is 67.5 Å². The van der Waals surface area contributed by atoms with Gasteiger partial charge in [-0.15, -0.1) is 0 Å². The number of ether oxygens (including phenoxy) is 1. The van der Waals surface area contributed by atoms with Gasteiger partial charge in [-0.25, -0.2) is 4.79 Å². The molecule has 1 aliphatic heterocycles. The Kier molecular flexibility index (Phi) is 6.35. The topological polar surface area (TPSA) is 77.3 Å². The molecule has 1 aromatic carbocycles. The van der Waals surface area contributed by atoms with Crippen LogP contribution in [0, 0.1) is 12.8 Å². The van der Waals surface area contributed by atoms with E-state index >= 15 is 0 Å². The number of methoxy groups -OCH3 is 1. The number of hydrogen-bond acceptors (Lipinski definition) is 5. The summed E-state index contributed by atoms with van der Waals surface area (Å²) in [6.45, 7) is 3.46. The van der Waals surface area contributed by atoms with Crippen molar-refractivity contribution in [1.82, 2.24) is 19.7 Å². The van der Waals surface area contributed by atoms with Gasteiger partial charge in [0.15, 0.2) is 0 Å². The van der Waals surface area contributed by atoms with Gasteiger partial charge >= 0.3 is 5.97 Å². The Morgan fingerprint density at radius 1 is 1.12 bits per heavy atom. The lowest BCUT2D eigenvalue weighted by Gasteiger charge is -2.32. The third kappa shape index (κ3) is 4.56. The van der Waals surface area contributed by atoms with E-state index in [9.17, 15) is 9.59 Å². The summed E-state index contributed by atoms with van der Waals surface area (Å²) in [5.41, 5.74) is 5.26. The lowest BCUT2D eigenvalue weighted by atomic mass is 9.89. The number of piperidine rings is 1. The van der Waals surface area contributed by atoms with Gasteiger partial charge in [-0.1, -0.05) is 12.1 Å². The molecule has 0 radical (unpaired) electrons. The van der Waals surface area contributed by atoms with Gasteiger partial charge in [-0.3, -0.25) is 14.5 Å². The number of esters is 1. The van der Waals surface area contributed by atoms with Gasteiger partial charge < -0.3 is 9.64 Å². The molecule has 3 aromatic rings. The first-order valence-corrected chi connectivity index (χ1v) is 10.9. The highest BCUT2D eigenvalue weighted by atomic mass is 16.5. The van der Waals surface area contributed by atoms with E-state index < -0.39 is 0 Å². The number of rotatable bonds is 5. The van der Waals surface area contributed by atoms with Crippen molar-refractivity contribution < 1.29 is 14.3 Å². The lowest BCUT2D eigenvalue weighted by Crippen LogP contribution is -2.39. The minimum absolute atomic E-state index is 0.0192. The first kappa shape index (κ1) is 21.7. The zero-order valence-electron chi connectivity index (χ0n) is 18.7. The van der Waals surface area contributed by atoms with E-state index in [1.165, 1.54) is 12.7 Å². The standard InChI is InChI=1S/C25H28N4O3/c1-17-22(16-27-28(17)2)21-8-11-26-23(15-21)24(30)29-12-9-19(10-13-29)14-18-4-6-20(7-5-18)25(31)32-3/h4-8,11,15-16,19H,9-10,12-14H2,1-3H3. The van der Waals surface area contributed by atoms with E-state index in [-0.39, 0.29) is 11.9 Å². The summed E-state index contributed by atoms with van der Waals surface area (Å²) in [5.74, 6) is 0.175. The summed E-state index contributed by atoms with van der Waals surface area (Å²) < 4.78 is 6.57. The van der Waals surface area contributed by atoms with Crippen molar-refractivity contribution in [3.05, 3.63) is 71.3 Å². The summed E-state index contributed by atoms with van der Waals surface area (Å²) in [7, 11) is 3.29. The molecular weight excluding hydrogens is 404 g/mol. The van der Waals surface area contributed by atoms with Crippen LogP contribution in [0.5, 0.6) is 0 Å². The molecule has 0 N–H and O–H groups in total. The van der Waals surface area contributed by atoms with Gasteiger partial charge in [0.1, 0.15) is 5.69 Å². The average Bonchev–Trinajstić information content (AvgIpc) is 3.17. The SMILES string of the molecule is COC(=O)c1ccc(CC2CCN(C(=O)c3cc(-c4cnn(C)c4C)ccn3)CC2)cc1. The van der Waals surface area contributed by atoms with Crippen LogP contribution in [0.25, 0.3) is 11.1 Å². The molecule has 166 valence electrons. The predicted molar refractivity (Wildman–Crippen MR) is 121 cm³/mol. The maximum absolute atomic E-state index is 13.1. The molecule has 1 fully saturated rings. The van der Waals surface area contributed by atoms with Gasteiger partial charge in [0.25, 0.3) is 5.91 Å². The van der Waals surface area contributed by atoms with Crippen LogP contribution in [0.15, 0.2) is 48.8 Å². The summed E-state index contributed by atoms with van der Waals surface area (Å²) in [5, 5.41) is 4.30. The Bertz CT molecular complexity index is 1110. The maximum Gasteiger partial charge on any atom is 0.337 e. The molecule has 1 amide bonds. The zero-order valence-corrected chi connectivity index (χ0v) is 18.7. The molecule has 7 heteroatoms. The monoisotopic (exact) mass is 432 g/mol. The van der Waals surface area contributed by atoms with Crippen LogP contribution >= 0.6 is 0 Å². The number of pyridine rings is 1. The fourth-order valence-corrected chi connectivity index (χ4v) is 4.23. The highest BCUT2D eigenvalue weighted by Gasteiger charge is 2.25. The number of aromatic nitrogens is 3. The molecule has 1 aliphatic rings. The molecule has 0 bridgehead atoms. The Balaban J connectivity index is 1.36. The predicted octanol–water partition coefficient (Wildman–Crippen LogP) is 3.67. The number of amides is 1. The second kappa shape index (κ2) is 9.34. The molecule has 0 unspecified atom stereocenters. The van der Waals surface area contributed by atoms with E-state index in [0.717, 1.165) is 49.2 Å². The van der Waals surface area contributed by atoms with Crippen LogP contribution in [0.2, 0.25) is 0 Å². The minimum Gasteiger partial charge on any atom is -0.465 e. The molecule has 0 aliphatic carbocycles. The number of aryl methyl sites for hydroxylation is 1. The number of carbonyl (C=O) groups excluding carboxylic acids is 2. The van der Waals surface area contributed by atoms with Gasteiger partial charge in [0.2, 0.25) is 0 Å². The summed E-state index contributed by atoms with van der Waals surface area (Å²) in [6.07, 6.45) is 6.36. The lowest BCUT2D eigenvalue weighted by molar-refractivity contribution is 0.0600. The van der Waals surface area contributed by atoms with Crippen molar-refractivity contribution in [3.63, 3.8) is 0 Å². The van der Waals surface area contributed by atoms with Crippen molar-refractivity contribution in [2.24, 2.45) is 13.0 Å². The number of nitrogens with zero attached hydrogens (tertiary/aromatic N) is 4. The molecule has 32 heavy (non-hydrogen) atoms. The quantitative estimate of drug-likeness (QED) is 0.575. The zero-order chi connectivity index (χ0) is 22.7. The van der Waals surface area contributed by atoms with E-state index in [1.807, 2.05) is 66.1 Å². The number of carbonyl (C=O) groups is 2. The number of likely N-dealkylation sites (tertiary alicyclic amines) is 1. The Morgan fingerprint density at radius 2 is 1.84 bits per heavy atom. The second-order valence-electron chi connectivity index (χ2n) is 8.33. The summed E-state index contributed by atoms with van der Waals surface area (Å²) in [4.78, 5) is 30.9. The van der Waals surface area contributed by atoms with Crippen molar-refractivity contribution >= 4 is 11.9 Å². The van der Waals surface area contributed by atoms with E-state index in [1.54, 1.807) is 6.20 Å². The summed E-state index contributed by atoms with van der Waals surface area (Å²) in [6, 6.07) is 11.4. The van der Waals surface area contributed by atoms with E-state index in [0.29, 0.717) is 17.2 Å². The average molecular weight is 433 g/mol. The molecule has 3 heterocycles. The molecule has 0 atom stereocenters. The number of hydrogen-bond donors (Lipinski definition) is 0. The third-order valence-electron chi connectivity index (χ3n) is 6.33. The smallest absolute Gasteiger partial charge is 0.337 e. The largest absolute Gasteiger partial charge is 0.465 e. The fourth-order valence-electron chi connectivity index (χ4n) is 4.23. The Labute approximate surface area is 188 Å². The Morgan fingerprint density at radius 3 is 2.47 bits per heavy atom. The van der Waals surface area contributed by atoms with Gasteiger partial charge in [-0.2, -0.15) is 5.10 Å².